The fourth-order valence-electron chi connectivity index (χ4n) is 1.60. The van der Waals surface area contributed by atoms with Gasteiger partial charge in [-0.2, -0.15) is 0 Å². The van der Waals surface area contributed by atoms with Gasteiger partial charge in [0.05, 0.1) is 0 Å². The van der Waals surface area contributed by atoms with Gasteiger partial charge in [-0.05, 0) is 18.9 Å². The molecule has 1 rings (SSSR count). The van der Waals surface area contributed by atoms with E-state index < -0.39 is 0 Å². The number of hydrogen-bond acceptors (Lipinski definition) is 1. The number of nitrogens with one attached hydrogen (secondary N) is 1. The first-order valence-corrected chi connectivity index (χ1v) is 4.88. The summed E-state index contributed by atoms with van der Waals surface area (Å²) in [6, 6.07) is 0.783. The summed E-state index contributed by atoms with van der Waals surface area (Å²) >= 11 is 0. The zero-order valence-corrected chi connectivity index (χ0v) is 7.77. The van der Waals surface area contributed by atoms with Crippen LogP contribution in [-0.4, -0.2) is 13.5 Å². The van der Waals surface area contributed by atoms with Crippen molar-refractivity contribution in [2.45, 2.75) is 57.8 Å². The Balaban J connectivity index is 2.05. The minimum Gasteiger partial charge on any atom is -0.357 e. The van der Waals surface area contributed by atoms with Crippen molar-refractivity contribution < 1.29 is 0 Å². The quantitative estimate of drug-likeness (QED) is 0.612. The molecule has 2 heteroatoms. The van der Waals surface area contributed by atoms with Gasteiger partial charge in [0.25, 0.3) is 0 Å². The third kappa shape index (κ3) is 3.81. The van der Waals surface area contributed by atoms with Crippen molar-refractivity contribution in [1.82, 2.24) is 5.23 Å². The SMILES string of the molecule is CC(C)[B]NC1CCCCC1. The van der Waals surface area contributed by atoms with E-state index in [4.69, 9.17) is 0 Å². The molecule has 1 aliphatic carbocycles. The first-order valence-electron chi connectivity index (χ1n) is 4.88. The largest absolute Gasteiger partial charge is 0.357 e. The van der Waals surface area contributed by atoms with E-state index in [2.05, 4.69) is 26.5 Å². The van der Waals surface area contributed by atoms with Gasteiger partial charge in [-0.15, -0.1) is 0 Å². The lowest BCUT2D eigenvalue weighted by atomic mass is 9.76. The van der Waals surface area contributed by atoms with E-state index >= 15 is 0 Å². The summed E-state index contributed by atoms with van der Waals surface area (Å²) in [7, 11) is 2.23. The molecule has 0 unspecified atom stereocenters. The molecule has 1 aliphatic rings. The fraction of sp³-hybridized carbons (Fsp3) is 1.00. The van der Waals surface area contributed by atoms with Gasteiger partial charge in [-0.1, -0.05) is 38.9 Å². The molecule has 1 N–H and O–H groups in total. The normalized spacial score (nSPS) is 20.6. The third-order valence-electron chi connectivity index (χ3n) is 2.27. The molecule has 0 aromatic rings. The van der Waals surface area contributed by atoms with Gasteiger partial charge in [0, 0.05) is 0 Å². The molecule has 0 bridgehead atoms. The van der Waals surface area contributed by atoms with Crippen molar-refractivity contribution in [1.29, 1.82) is 0 Å². The standard InChI is InChI=1S/C9H19BN/c1-8(2)10-11-9-6-4-3-5-7-9/h8-9,11H,3-7H2,1-2H3. The van der Waals surface area contributed by atoms with Gasteiger partial charge in [0.15, 0.2) is 0 Å². The van der Waals surface area contributed by atoms with Crippen molar-refractivity contribution in [2.24, 2.45) is 0 Å². The maximum atomic E-state index is 3.50. The van der Waals surface area contributed by atoms with Gasteiger partial charge < -0.3 is 5.23 Å². The lowest BCUT2D eigenvalue weighted by Crippen LogP contribution is -2.34. The summed E-state index contributed by atoms with van der Waals surface area (Å²) in [4.78, 5) is 0. The van der Waals surface area contributed by atoms with Crippen molar-refractivity contribution in [3.63, 3.8) is 0 Å². The zero-order valence-electron chi connectivity index (χ0n) is 7.77. The third-order valence-corrected chi connectivity index (χ3v) is 2.27. The summed E-state index contributed by atoms with van der Waals surface area (Å²) in [5.41, 5.74) is 0. The summed E-state index contributed by atoms with van der Waals surface area (Å²) in [5, 5.41) is 3.50. The van der Waals surface area contributed by atoms with Crippen LogP contribution in [0.1, 0.15) is 46.0 Å². The molecule has 1 radical (unpaired) electrons. The van der Waals surface area contributed by atoms with Crippen LogP contribution >= 0.6 is 0 Å². The van der Waals surface area contributed by atoms with E-state index in [1.54, 1.807) is 0 Å². The van der Waals surface area contributed by atoms with Crippen LogP contribution in [0.4, 0.5) is 0 Å². The van der Waals surface area contributed by atoms with Gasteiger partial charge >= 0.3 is 0 Å². The smallest absolute Gasteiger partial charge is 0.208 e. The monoisotopic (exact) mass is 152 g/mol. The topological polar surface area (TPSA) is 12.0 Å². The van der Waals surface area contributed by atoms with E-state index in [1.807, 2.05) is 0 Å². The van der Waals surface area contributed by atoms with Gasteiger partial charge in [0.2, 0.25) is 7.41 Å². The molecule has 0 aromatic heterocycles. The first kappa shape index (κ1) is 9.12. The Hall–Kier alpha value is 0.0249. The summed E-state index contributed by atoms with van der Waals surface area (Å²) in [6.45, 7) is 4.44. The molecule has 0 saturated heterocycles. The highest BCUT2D eigenvalue weighted by Crippen LogP contribution is 2.17. The molecular formula is C9H19BN. The van der Waals surface area contributed by atoms with E-state index in [1.165, 1.54) is 32.1 Å². The van der Waals surface area contributed by atoms with E-state index in [0.717, 1.165) is 6.04 Å². The molecule has 0 aromatic carbocycles. The van der Waals surface area contributed by atoms with E-state index in [-0.39, 0.29) is 0 Å². The van der Waals surface area contributed by atoms with Crippen molar-refractivity contribution in [3.8, 4) is 0 Å². The number of rotatable bonds is 3. The maximum absolute atomic E-state index is 3.50. The van der Waals surface area contributed by atoms with Crippen LogP contribution in [0.2, 0.25) is 5.82 Å². The van der Waals surface area contributed by atoms with Gasteiger partial charge in [-0.3, -0.25) is 0 Å². The van der Waals surface area contributed by atoms with Gasteiger partial charge in [-0.25, -0.2) is 0 Å². The maximum Gasteiger partial charge on any atom is 0.208 e. The second-order valence-corrected chi connectivity index (χ2v) is 3.91. The minimum atomic E-state index is 0.678. The van der Waals surface area contributed by atoms with Crippen LogP contribution in [-0.2, 0) is 0 Å². The Kier molecular flexibility index (Phi) is 3.99. The minimum absolute atomic E-state index is 0.678. The van der Waals surface area contributed by atoms with E-state index in [0.29, 0.717) is 5.82 Å². The highest BCUT2D eigenvalue weighted by atomic mass is 14.8. The molecule has 1 fully saturated rings. The highest BCUT2D eigenvalue weighted by molar-refractivity contribution is 6.34. The van der Waals surface area contributed by atoms with Crippen LogP contribution in [0.25, 0.3) is 0 Å². The second-order valence-electron chi connectivity index (χ2n) is 3.91. The summed E-state index contributed by atoms with van der Waals surface area (Å²) in [5.74, 6) is 0.678. The lowest BCUT2D eigenvalue weighted by molar-refractivity contribution is 0.417. The van der Waals surface area contributed by atoms with Crippen LogP contribution < -0.4 is 5.23 Å². The number of hydrogen-bond donors (Lipinski definition) is 1. The molecule has 1 nitrogen and oxygen atoms in total. The zero-order chi connectivity index (χ0) is 8.10. The Labute approximate surface area is 71.2 Å². The summed E-state index contributed by atoms with van der Waals surface area (Å²) < 4.78 is 0. The Morgan fingerprint density at radius 3 is 2.36 bits per heavy atom. The van der Waals surface area contributed by atoms with Gasteiger partial charge in [0.1, 0.15) is 0 Å². The fourth-order valence-corrected chi connectivity index (χ4v) is 1.60. The first-order chi connectivity index (χ1) is 5.29. The van der Waals surface area contributed by atoms with Crippen LogP contribution in [0.5, 0.6) is 0 Å². The van der Waals surface area contributed by atoms with Crippen molar-refractivity contribution in [3.05, 3.63) is 0 Å². The van der Waals surface area contributed by atoms with Crippen molar-refractivity contribution >= 4 is 7.41 Å². The van der Waals surface area contributed by atoms with Crippen LogP contribution in [0.3, 0.4) is 0 Å². The lowest BCUT2D eigenvalue weighted by Gasteiger charge is -2.23. The van der Waals surface area contributed by atoms with Crippen LogP contribution in [0.15, 0.2) is 0 Å². The molecule has 0 heterocycles. The van der Waals surface area contributed by atoms with Crippen molar-refractivity contribution in [2.75, 3.05) is 0 Å². The van der Waals surface area contributed by atoms with E-state index in [9.17, 15) is 0 Å². The Morgan fingerprint density at radius 2 is 1.82 bits per heavy atom. The molecular weight excluding hydrogens is 133 g/mol. The molecule has 1 saturated carbocycles. The molecule has 0 amide bonds. The van der Waals surface area contributed by atoms with Crippen LogP contribution in [0, 0.1) is 0 Å². The second kappa shape index (κ2) is 4.81. The molecule has 0 spiro atoms. The average Bonchev–Trinajstić information content (AvgIpc) is 2.03. The molecule has 0 aliphatic heterocycles. The molecule has 11 heavy (non-hydrogen) atoms. The molecule has 0 atom stereocenters. The Morgan fingerprint density at radius 1 is 1.18 bits per heavy atom. The molecule has 63 valence electrons. The average molecular weight is 152 g/mol. The predicted octanol–water partition coefficient (Wildman–Crippen LogP) is 2.36. The predicted molar refractivity (Wildman–Crippen MR) is 50.9 cm³/mol. The summed E-state index contributed by atoms with van der Waals surface area (Å²) in [6.07, 6.45) is 7.04. The Bertz CT molecular complexity index is 97.7. The highest BCUT2D eigenvalue weighted by Gasteiger charge is 2.12.